The van der Waals surface area contributed by atoms with E-state index in [0.717, 1.165) is 11.3 Å². The van der Waals surface area contributed by atoms with Crippen LogP contribution in [0.25, 0.3) is 0 Å². The maximum absolute atomic E-state index is 5.26. The van der Waals surface area contributed by atoms with Gasteiger partial charge in [0.25, 0.3) is 0 Å². The standard InChI is InChI=1S/C19H23N3O2S/c1-13(2)15-6-8-16(9-7-15)21-19(25)22-20-12-14-5-10-17(23-3)18(11-14)24-4/h5-13H,1-4H3,(H2,21,22,25). The molecule has 2 N–H and O–H groups in total. The molecule has 0 amide bonds. The Morgan fingerprint density at radius 2 is 1.72 bits per heavy atom. The number of nitrogens with one attached hydrogen (secondary N) is 2. The fraction of sp³-hybridized carbons (Fsp3) is 0.263. The van der Waals surface area contributed by atoms with Gasteiger partial charge in [0.05, 0.1) is 20.4 Å². The normalized spacial score (nSPS) is 10.8. The molecule has 0 saturated heterocycles. The van der Waals surface area contributed by atoms with Crippen molar-refractivity contribution in [2.75, 3.05) is 19.5 Å². The van der Waals surface area contributed by atoms with E-state index in [4.69, 9.17) is 21.7 Å². The maximum atomic E-state index is 5.26. The van der Waals surface area contributed by atoms with Crippen LogP contribution < -0.4 is 20.2 Å². The van der Waals surface area contributed by atoms with E-state index in [1.807, 2.05) is 30.3 Å². The van der Waals surface area contributed by atoms with Crippen LogP contribution in [0.2, 0.25) is 0 Å². The van der Waals surface area contributed by atoms with Crippen LogP contribution in [0.15, 0.2) is 47.6 Å². The van der Waals surface area contributed by atoms with Gasteiger partial charge in [-0.25, -0.2) is 0 Å². The van der Waals surface area contributed by atoms with Crippen molar-refractivity contribution in [3.05, 3.63) is 53.6 Å². The number of hydrazone groups is 1. The summed E-state index contributed by atoms with van der Waals surface area (Å²) >= 11 is 5.24. The van der Waals surface area contributed by atoms with Gasteiger partial charge < -0.3 is 14.8 Å². The molecule has 0 bridgehead atoms. The molecule has 0 aliphatic heterocycles. The monoisotopic (exact) mass is 357 g/mol. The number of thiocarbonyl (C=S) groups is 1. The number of rotatable bonds is 6. The van der Waals surface area contributed by atoms with E-state index >= 15 is 0 Å². The van der Waals surface area contributed by atoms with Crippen LogP contribution in [0, 0.1) is 0 Å². The van der Waals surface area contributed by atoms with E-state index in [1.54, 1.807) is 20.4 Å². The first-order valence-electron chi connectivity index (χ1n) is 7.95. The van der Waals surface area contributed by atoms with E-state index in [-0.39, 0.29) is 0 Å². The molecule has 132 valence electrons. The molecule has 0 saturated carbocycles. The van der Waals surface area contributed by atoms with Crippen LogP contribution in [0.1, 0.15) is 30.9 Å². The summed E-state index contributed by atoms with van der Waals surface area (Å²) in [6, 6.07) is 13.7. The van der Waals surface area contributed by atoms with Crippen molar-refractivity contribution in [3.63, 3.8) is 0 Å². The van der Waals surface area contributed by atoms with Crippen molar-refractivity contribution in [1.82, 2.24) is 5.43 Å². The van der Waals surface area contributed by atoms with Crippen LogP contribution in [-0.4, -0.2) is 25.5 Å². The number of hydrogen-bond donors (Lipinski definition) is 2. The smallest absolute Gasteiger partial charge is 0.191 e. The van der Waals surface area contributed by atoms with Gasteiger partial charge in [0.2, 0.25) is 0 Å². The van der Waals surface area contributed by atoms with Gasteiger partial charge in [-0.15, -0.1) is 0 Å². The molecule has 6 heteroatoms. The van der Waals surface area contributed by atoms with E-state index in [2.05, 4.69) is 41.8 Å². The second-order valence-electron chi connectivity index (χ2n) is 5.72. The van der Waals surface area contributed by atoms with Gasteiger partial charge in [-0.1, -0.05) is 26.0 Å². The lowest BCUT2D eigenvalue weighted by atomic mass is 10.0. The summed E-state index contributed by atoms with van der Waals surface area (Å²) in [5.41, 5.74) is 5.88. The molecule has 0 aliphatic carbocycles. The van der Waals surface area contributed by atoms with E-state index in [9.17, 15) is 0 Å². The van der Waals surface area contributed by atoms with Crippen molar-refractivity contribution < 1.29 is 9.47 Å². The fourth-order valence-corrected chi connectivity index (χ4v) is 2.38. The third-order valence-corrected chi connectivity index (χ3v) is 3.82. The molecule has 0 aliphatic rings. The zero-order chi connectivity index (χ0) is 18.2. The average molecular weight is 357 g/mol. The molecule has 0 radical (unpaired) electrons. The summed E-state index contributed by atoms with van der Waals surface area (Å²) in [6.45, 7) is 4.33. The Morgan fingerprint density at radius 3 is 2.32 bits per heavy atom. The topological polar surface area (TPSA) is 54.9 Å². The minimum atomic E-state index is 0.425. The predicted octanol–water partition coefficient (Wildman–Crippen LogP) is 4.15. The Hall–Kier alpha value is -2.60. The Balaban J connectivity index is 1.92. The van der Waals surface area contributed by atoms with E-state index in [0.29, 0.717) is 22.5 Å². The summed E-state index contributed by atoms with van der Waals surface area (Å²) in [4.78, 5) is 0. The highest BCUT2D eigenvalue weighted by molar-refractivity contribution is 7.80. The lowest BCUT2D eigenvalue weighted by Crippen LogP contribution is -2.23. The second-order valence-corrected chi connectivity index (χ2v) is 6.12. The molecule has 5 nitrogen and oxygen atoms in total. The number of methoxy groups -OCH3 is 2. The molecule has 0 aromatic heterocycles. The van der Waals surface area contributed by atoms with E-state index < -0.39 is 0 Å². The van der Waals surface area contributed by atoms with Gasteiger partial charge in [-0.2, -0.15) is 5.10 Å². The molecular weight excluding hydrogens is 334 g/mol. The lowest BCUT2D eigenvalue weighted by Gasteiger charge is -2.10. The summed E-state index contributed by atoms with van der Waals surface area (Å²) in [5.74, 6) is 1.83. The Morgan fingerprint density at radius 1 is 1.04 bits per heavy atom. The second kappa shape index (κ2) is 9.03. The third-order valence-electron chi connectivity index (χ3n) is 3.62. The summed E-state index contributed by atoms with van der Waals surface area (Å²) in [5, 5.41) is 7.66. The molecule has 0 spiro atoms. The van der Waals surface area contributed by atoms with Crippen molar-refractivity contribution in [3.8, 4) is 11.5 Å². The molecule has 2 rings (SSSR count). The van der Waals surface area contributed by atoms with Gasteiger partial charge >= 0.3 is 0 Å². The molecule has 0 unspecified atom stereocenters. The first kappa shape index (κ1) is 18.7. The van der Waals surface area contributed by atoms with E-state index in [1.165, 1.54) is 5.56 Å². The van der Waals surface area contributed by atoms with Crippen LogP contribution in [0.5, 0.6) is 11.5 Å². The van der Waals surface area contributed by atoms with Crippen molar-refractivity contribution in [2.24, 2.45) is 5.10 Å². The number of ether oxygens (including phenoxy) is 2. The minimum Gasteiger partial charge on any atom is -0.493 e. The van der Waals surface area contributed by atoms with Gasteiger partial charge in [0, 0.05) is 5.69 Å². The quantitative estimate of drug-likeness (QED) is 0.462. The predicted molar refractivity (Wildman–Crippen MR) is 107 cm³/mol. The van der Waals surface area contributed by atoms with Gasteiger partial charge in [-0.05, 0) is 59.6 Å². The minimum absolute atomic E-state index is 0.425. The highest BCUT2D eigenvalue weighted by Gasteiger charge is 2.03. The maximum Gasteiger partial charge on any atom is 0.191 e. The molecule has 2 aromatic rings. The van der Waals surface area contributed by atoms with Gasteiger partial charge in [0.1, 0.15) is 0 Å². The van der Waals surface area contributed by atoms with Gasteiger partial charge in [-0.3, -0.25) is 5.43 Å². The van der Waals surface area contributed by atoms with Crippen LogP contribution >= 0.6 is 12.2 Å². The summed E-state index contributed by atoms with van der Waals surface area (Å²) < 4.78 is 10.5. The lowest BCUT2D eigenvalue weighted by molar-refractivity contribution is 0.355. The van der Waals surface area contributed by atoms with Crippen molar-refractivity contribution >= 4 is 29.2 Å². The SMILES string of the molecule is COc1ccc(C=NNC(=S)Nc2ccc(C(C)C)cc2)cc1OC. The average Bonchev–Trinajstić information content (AvgIpc) is 2.62. The van der Waals surface area contributed by atoms with Crippen LogP contribution in [-0.2, 0) is 0 Å². The Bertz CT molecular complexity index is 743. The first-order valence-corrected chi connectivity index (χ1v) is 8.36. The zero-order valence-corrected chi connectivity index (χ0v) is 15.7. The number of hydrogen-bond acceptors (Lipinski definition) is 4. The molecule has 0 fully saturated rings. The fourth-order valence-electron chi connectivity index (χ4n) is 2.21. The number of benzene rings is 2. The number of anilines is 1. The Labute approximate surface area is 154 Å². The summed E-state index contributed by atoms with van der Waals surface area (Å²) in [6.07, 6.45) is 1.66. The highest BCUT2D eigenvalue weighted by atomic mass is 32.1. The molecule has 25 heavy (non-hydrogen) atoms. The number of nitrogens with zero attached hydrogens (tertiary/aromatic N) is 1. The van der Waals surface area contributed by atoms with Crippen LogP contribution in [0.4, 0.5) is 5.69 Å². The molecular formula is C19H23N3O2S. The first-order chi connectivity index (χ1) is 12.0. The Kier molecular flexibility index (Phi) is 6.77. The molecule has 0 atom stereocenters. The largest absolute Gasteiger partial charge is 0.493 e. The molecule has 0 heterocycles. The zero-order valence-electron chi connectivity index (χ0n) is 14.9. The summed E-state index contributed by atoms with van der Waals surface area (Å²) in [7, 11) is 3.20. The third kappa shape index (κ3) is 5.46. The van der Waals surface area contributed by atoms with Gasteiger partial charge in [0.15, 0.2) is 16.6 Å². The highest BCUT2D eigenvalue weighted by Crippen LogP contribution is 2.26. The van der Waals surface area contributed by atoms with Crippen molar-refractivity contribution in [1.29, 1.82) is 0 Å². The van der Waals surface area contributed by atoms with Crippen molar-refractivity contribution in [2.45, 2.75) is 19.8 Å². The molecule has 2 aromatic carbocycles. The van der Waals surface area contributed by atoms with Crippen LogP contribution in [0.3, 0.4) is 0 Å².